The number of hydrogen-bond donors (Lipinski definition) is 0. The molecule has 1 aliphatic heterocycles. The zero-order chi connectivity index (χ0) is 20.1. The maximum Gasteiger partial charge on any atom is 0.328 e. The van der Waals surface area contributed by atoms with E-state index in [-0.39, 0.29) is 4.91 Å². The van der Waals surface area contributed by atoms with Gasteiger partial charge < -0.3 is 14.2 Å². The fourth-order valence-electron chi connectivity index (χ4n) is 2.31. The van der Waals surface area contributed by atoms with Crippen LogP contribution in [-0.2, 0) is 14.3 Å². The van der Waals surface area contributed by atoms with Gasteiger partial charge in [-0.05, 0) is 42.5 Å². The van der Waals surface area contributed by atoms with Crippen LogP contribution in [0.1, 0.15) is 12.5 Å². The number of methoxy groups -OCH3 is 2. The van der Waals surface area contributed by atoms with Crippen LogP contribution in [0.4, 0.5) is 4.79 Å². The molecule has 1 aromatic rings. The number of esters is 1. The molecule has 1 atom stereocenters. The Labute approximate surface area is 169 Å². The van der Waals surface area contributed by atoms with Crippen LogP contribution in [0.2, 0.25) is 0 Å². The molecule has 0 saturated carbocycles. The fourth-order valence-corrected chi connectivity index (χ4v) is 3.65. The molecule has 1 aliphatic rings. The smallest absolute Gasteiger partial charge is 0.328 e. The van der Waals surface area contributed by atoms with Gasteiger partial charge in [-0.25, -0.2) is 4.79 Å². The molecule has 144 valence electrons. The summed E-state index contributed by atoms with van der Waals surface area (Å²) in [4.78, 5) is 37.5. The number of amides is 2. The van der Waals surface area contributed by atoms with Crippen molar-refractivity contribution < 1.29 is 28.6 Å². The van der Waals surface area contributed by atoms with E-state index in [2.05, 4.69) is 27.2 Å². The predicted molar refractivity (Wildman–Crippen MR) is 106 cm³/mol. The lowest BCUT2D eigenvalue weighted by Gasteiger charge is -2.18. The van der Waals surface area contributed by atoms with Gasteiger partial charge in [-0.1, -0.05) is 28.6 Å². The second-order valence-electron chi connectivity index (χ2n) is 5.38. The SMILES string of the molecule is C=CCOc1cc(Br)c(/C=C2/SC(=O)N([C@@H](C)C(=O)OC)C2=O)cc1OC. The molecule has 1 fully saturated rings. The molecule has 1 heterocycles. The lowest BCUT2D eigenvalue weighted by molar-refractivity contribution is -0.148. The second kappa shape index (κ2) is 9.09. The van der Waals surface area contributed by atoms with E-state index in [1.54, 1.807) is 24.3 Å². The van der Waals surface area contributed by atoms with Crippen LogP contribution in [0.5, 0.6) is 11.5 Å². The largest absolute Gasteiger partial charge is 0.493 e. The van der Waals surface area contributed by atoms with E-state index >= 15 is 0 Å². The standard InChI is InChI=1S/C18H18BrNO6S/c1-5-6-26-14-9-12(19)11(7-13(14)24-3)8-15-16(21)20(18(23)27-15)10(2)17(22)25-4/h5,7-10H,1,6H2,2-4H3/b15-8+/t10-/m0/s1. The summed E-state index contributed by atoms with van der Waals surface area (Å²) < 4.78 is 16.1. The third-order valence-electron chi connectivity index (χ3n) is 3.68. The Morgan fingerprint density at radius 1 is 1.33 bits per heavy atom. The average molecular weight is 456 g/mol. The minimum atomic E-state index is -0.999. The van der Waals surface area contributed by atoms with E-state index in [1.807, 2.05) is 0 Å². The molecule has 27 heavy (non-hydrogen) atoms. The normalized spacial score (nSPS) is 16.4. The van der Waals surface area contributed by atoms with Crippen molar-refractivity contribution in [2.75, 3.05) is 20.8 Å². The van der Waals surface area contributed by atoms with Crippen LogP contribution in [0, 0.1) is 0 Å². The van der Waals surface area contributed by atoms with Gasteiger partial charge in [0.15, 0.2) is 11.5 Å². The number of ether oxygens (including phenoxy) is 3. The third kappa shape index (κ3) is 4.54. The van der Waals surface area contributed by atoms with E-state index in [1.165, 1.54) is 21.1 Å². The molecular weight excluding hydrogens is 438 g/mol. The van der Waals surface area contributed by atoms with E-state index in [9.17, 15) is 14.4 Å². The van der Waals surface area contributed by atoms with Gasteiger partial charge in [0.1, 0.15) is 12.6 Å². The zero-order valence-electron chi connectivity index (χ0n) is 15.0. The Hall–Kier alpha value is -2.26. The lowest BCUT2D eigenvalue weighted by Crippen LogP contribution is -2.42. The van der Waals surface area contributed by atoms with Crippen LogP contribution in [-0.4, -0.2) is 48.9 Å². The van der Waals surface area contributed by atoms with Crippen LogP contribution < -0.4 is 9.47 Å². The van der Waals surface area contributed by atoms with Gasteiger partial charge in [0, 0.05) is 4.47 Å². The van der Waals surface area contributed by atoms with Gasteiger partial charge in [-0.3, -0.25) is 14.5 Å². The van der Waals surface area contributed by atoms with Crippen molar-refractivity contribution in [2.24, 2.45) is 0 Å². The maximum atomic E-state index is 12.6. The average Bonchev–Trinajstić information content (AvgIpc) is 2.93. The van der Waals surface area contributed by atoms with Gasteiger partial charge in [0.05, 0.1) is 19.1 Å². The fraction of sp³-hybridized carbons (Fsp3) is 0.278. The number of nitrogens with zero attached hydrogens (tertiary/aromatic N) is 1. The Kier molecular flexibility index (Phi) is 7.09. The molecule has 0 aliphatic carbocycles. The van der Waals surface area contributed by atoms with E-state index in [0.717, 1.165) is 16.7 Å². The lowest BCUT2D eigenvalue weighted by atomic mass is 10.1. The second-order valence-corrected chi connectivity index (χ2v) is 7.22. The molecule has 2 amide bonds. The number of halogens is 1. The highest BCUT2D eigenvalue weighted by atomic mass is 79.9. The van der Waals surface area contributed by atoms with E-state index in [4.69, 9.17) is 9.47 Å². The van der Waals surface area contributed by atoms with Crippen molar-refractivity contribution in [3.05, 3.63) is 39.7 Å². The molecular formula is C18H18BrNO6S. The highest BCUT2D eigenvalue weighted by molar-refractivity contribution is 9.10. The van der Waals surface area contributed by atoms with Crippen molar-refractivity contribution in [2.45, 2.75) is 13.0 Å². The molecule has 1 saturated heterocycles. The Balaban J connectivity index is 2.36. The molecule has 0 unspecified atom stereocenters. The molecule has 0 radical (unpaired) electrons. The van der Waals surface area contributed by atoms with Crippen LogP contribution in [0.3, 0.4) is 0 Å². The van der Waals surface area contributed by atoms with Crippen LogP contribution in [0.25, 0.3) is 6.08 Å². The number of hydrogen-bond acceptors (Lipinski definition) is 7. The minimum Gasteiger partial charge on any atom is -0.493 e. The predicted octanol–water partition coefficient (Wildman–Crippen LogP) is 3.62. The van der Waals surface area contributed by atoms with Gasteiger partial charge in [0.2, 0.25) is 0 Å². The third-order valence-corrected chi connectivity index (χ3v) is 5.25. The summed E-state index contributed by atoms with van der Waals surface area (Å²) in [5, 5.41) is -0.529. The van der Waals surface area contributed by atoms with Gasteiger partial charge in [-0.2, -0.15) is 0 Å². The molecule has 0 bridgehead atoms. The topological polar surface area (TPSA) is 82.1 Å². The summed E-state index contributed by atoms with van der Waals surface area (Å²) >= 11 is 4.18. The number of imide groups is 1. The van der Waals surface area contributed by atoms with E-state index in [0.29, 0.717) is 28.1 Å². The number of thioether (sulfide) groups is 1. The highest BCUT2D eigenvalue weighted by Gasteiger charge is 2.41. The van der Waals surface area contributed by atoms with Crippen molar-refractivity contribution in [1.29, 1.82) is 0 Å². The van der Waals surface area contributed by atoms with Crippen molar-refractivity contribution in [3.63, 3.8) is 0 Å². The summed E-state index contributed by atoms with van der Waals surface area (Å²) in [6.45, 7) is 5.35. The molecule has 0 aromatic heterocycles. The first-order valence-corrected chi connectivity index (χ1v) is 9.41. The number of carbonyl (C=O) groups excluding carboxylic acids is 3. The van der Waals surface area contributed by atoms with Crippen molar-refractivity contribution >= 4 is 50.9 Å². The summed E-state index contributed by atoms with van der Waals surface area (Å²) in [5.74, 6) is -0.242. The highest BCUT2D eigenvalue weighted by Crippen LogP contribution is 2.38. The summed E-state index contributed by atoms with van der Waals surface area (Å²) in [7, 11) is 2.70. The minimum absolute atomic E-state index is 0.193. The molecule has 9 heteroatoms. The quantitative estimate of drug-likeness (QED) is 0.352. The van der Waals surface area contributed by atoms with Crippen LogP contribution >= 0.6 is 27.7 Å². The Morgan fingerprint density at radius 2 is 2.04 bits per heavy atom. The number of carbonyl (C=O) groups is 3. The Bertz CT molecular complexity index is 822. The van der Waals surface area contributed by atoms with Crippen molar-refractivity contribution in [3.8, 4) is 11.5 Å². The first kappa shape index (κ1) is 21.0. The Morgan fingerprint density at radius 3 is 2.63 bits per heavy atom. The van der Waals surface area contributed by atoms with Gasteiger partial charge >= 0.3 is 5.97 Å². The first-order chi connectivity index (χ1) is 12.8. The van der Waals surface area contributed by atoms with Gasteiger partial charge in [-0.15, -0.1) is 0 Å². The number of rotatable bonds is 7. The molecule has 2 rings (SSSR count). The molecule has 1 aromatic carbocycles. The zero-order valence-corrected chi connectivity index (χ0v) is 17.4. The summed E-state index contributed by atoms with van der Waals surface area (Å²) in [6, 6.07) is 2.39. The van der Waals surface area contributed by atoms with Gasteiger partial charge in [0.25, 0.3) is 11.1 Å². The monoisotopic (exact) mass is 455 g/mol. The van der Waals surface area contributed by atoms with E-state index < -0.39 is 23.2 Å². The molecule has 0 spiro atoms. The summed E-state index contributed by atoms with van der Waals surface area (Å²) in [6.07, 6.45) is 3.17. The molecule has 0 N–H and O–H groups in total. The maximum absolute atomic E-state index is 12.6. The first-order valence-electron chi connectivity index (χ1n) is 7.80. The van der Waals surface area contributed by atoms with Crippen LogP contribution in [0.15, 0.2) is 34.2 Å². The molecule has 7 nitrogen and oxygen atoms in total. The number of benzene rings is 1. The summed E-state index contributed by atoms with van der Waals surface area (Å²) in [5.41, 5.74) is 0.619. The van der Waals surface area contributed by atoms with Crippen molar-refractivity contribution in [1.82, 2.24) is 4.90 Å².